The van der Waals surface area contributed by atoms with Gasteiger partial charge in [-0.15, -0.1) is 0 Å². The standard InChI is InChI=1S/C28H21N3O4/c1-35-20-10-11-23-21(15-20)28(34)31-25-14-18-5-3-2-4-17(18)13-22(25)27(33)30-24(26(31)29-23)12-16-6-8-19(32)9-7-16/h2-11,13-15,24,32H,12H2,1H3,(H,30,33). The number of fused-ring (bicyclic) bond motifs is 5. The minimum atomic E-state index is -0.568. The number of carbonyl (C=O) groups is 1. The fraction of sp³-hybridized carbons (Fsp3) is 0.107. The number of rotatable bonds is 3. The molecule has 0 spiro atoms. The van der Waals surface area contributed by atoms with E-state index in [1.54, 1.807) is 54.1 Å². The van der Waals surface area contributed by atoms with Gasteiger partial charge in [-0.3, -0.25) is 14.2 Å². The third-order valence-electron chi connectivity index (χ3n) is 6.44. The van der Waals surface area contributed by atoms with Crippen molar-refractivity contribution in [3.05, 3.63) is 106 Å². The Hall–Kier alpha value is -4.65. The van der Waals surface area contributed by atoms with Crippen LogP contribution in [-0.4, -0.2) is 27.7 Å². The molecule has 0 aliphatic carbocycles. The Morgan fingerprint density at radius 2 is 1.71 bits per heavy atom. The summed E-state index contributed by atoms with van der Waals surface area (Å²) in [7, 11) is 1.55. The van der Waals surface area contributed by atoms with Crippen LogP contribution in [0, 0.1) is 0 Å². The average molecular weight is 463 g/mol. The number of phenols is 1. The van der Waals surface area contributed by atoms with Gasteiger partial charge in [0.1, 0.15) is 17.3 Å². The lowest BCUT2D eigenvalue weighted by Gasteiger charge is -2.19. The van der Waals surface area contributed by atoms with Crippen LogP contribution in [0.3, 0.4) is 0 Å². The summed E-state index contributed by atoms with van der Waals surface area (Å²) in [5, 5.41) is 15.0. The minimum absolute atomic E-state index is 0.160. The van der Waals surface area contributed by atoms with Crippen molar-refractivity contribution in [3.63, 3.8) is 0 Å². The number of nitrogens with zero attached hydrogens (tertiary/aromatic N) is 2. The van der Waals surface area contributed by atoms with Crippen LogP contribution in [0.15, 0.2) is 83.7 Å². The number of nitrogens with one attached hydrogen (secondary N) is 1. The summed E-state index contributed by atoms with van der Waals surface area (Å²) in [5.41, 5.74) is 2.04. The van der Waals surface area contributed by atoms with Crippen LogP contribution < -0.4 is 15.6 Å². The molecule has 7 nitrogen and oxygen atoms in total. The number of hydrogen-bond donors (Lipinski definition) is 2. The van der Waals surface area contributed by atoms with E-state index in [9.17, 15) is 14.7 Å². The van der Waals surface area contributed by atoms with Crippen LogP contribution in [0.1, 0.15) is 27.8 Å². The number of methoxy groups -OCH3 is 1. The van der Waals surface area contributed by atoms with E-state index in [-0.39, 0.29) is 17.2 Å². The van der Waals surface area contributed by atoms with Gasteiger partial charge in [0, 0.05) is 0 Å². The van der Waals surface area contributed by atoms with Crippen molar-refractivity contribution in [2.45, 2.75) is 12.5 Å². The van der Waals surface area contributed by atoms with Gasteiger partial charge in [-0.25, -0.2) is 4.98 Å². The summed E-state index contributed by atoms with van der Waals surface area (Å²) in [5.74, 6) is 0.885. The van der Waals surface area contributed by atoms with E-state index < -0.39 is 6.04 Å². The summed E-state index contributed by atoms with van der Waals surface area (Å²) in [6, 6.07) is 22.8. The van der Waals surface area contributed by atoms with Crippen molar-refractivity contribution in [1.29, 1.82) is 0 Å². The normalized spacial score (nSPS) is 14.8. The quantitative estimate of drug-likeness (QED) is 0.417. The number of phenolic OH excluding ortho intramolecular Hbond substituents is 1. The summed E-state index contributed by atoms with van der Waals surface area (Å²) in [6.07, 6.45) is 0.396. The maximum Gasteiger partial charge on any atom is 0.266 e. The average Bonchev–Trinajstić information content (AvgIpc) is 2.98. The summed E-state index contributed by atoms with van der Waals surface area (Å²) in [6.45, 7) is 0. The van der Waals surface area contributed by atoms with Gasteiger partial charge >= 0.3 is 0 Å². The Morgan fingerprint density at radius 3 is 2.46 bits per heavy atom. The Labute approximate surface area is 200 Å². The smallest absolute Gasteiger partial charge is 0.266 e. The topological polar surface area (TPSA) is 93.5 Å². The first kappa shape index (κ1) is 20.9. The molecular weight excluding hydrogens is 442 g/mol. The largest absolute Gasteiger partial charge is 0.508 e. The Bertz CT molecular complexity index is 1690. The van der Waals surface area contributed by atoms with Gasteiger partial charge < -0.3 is 15.2 Å². The number of benzene rings is 4. The van der Waals surface area contributed by atoms with Crippen molar-refractivity contribution < 1.29 is 14.6 Å². The molecule has 1 amide bonds. The summed E-state index contributed by atoms with van der Waals surface area (Å²) >= 11 is 0. The van der Waals surface area contributed by atoms with Gasteiger partial charge in [-0.1, -0.05) is 36.4 Å². The number of aromatic hydroxyl groups is 1. The van der Waals surface area contributed by atoms with Crippen LogP contribution in [0.25, 0.3) is 27.4 Å². The number of ether oxygens (including phenoxy) is 1. The van der Waals surface area contributed by atoms with Crippen LogP contribution in [-0.2, 0) is 6.42 Å². The third-order valence-corrected chi connectivity index (χ3v) is 6.44. The van der Waals surface area contributed by atoms with E-state index >= 15 is 0 Å². The summed E-state index contributed by atoms with van der Waals surface area (Å²) in [4.78, 5) is 32.3. The van der Waals surface area contributed by atoms with Gasteiger partial charge in [0.15, 0.2) is 0 Å². The predicted octanol–water partition coefficient (Wildman–Crippen LogP) is 4.28. The zero-order valence-corrected chi connectivity index (χ0v) is 18.9. The second kappa shape index (κ2) is 7.99. The number of aromatic nitrogens is 2. The lowest BCUT2D eigenvalue weighted by molar-refractivity contribution is 0.0938. The molecule has 1 atom stereocenters. The third kappa shape index (κ3) is 3.49. The van der Waals surface area contributed by atoms with Crippen molar-refractivity contribution >= 4 is 27.6 Å². The molecule has 6 rings (SSSR count). The van der Waals surface area contributed by atoms with Crippen molar-refractivity contribution in [3.8, 4) is 17.2 Å². The highest BCUT2D eigenvalue weighted by Crippen LogP contribution is 2.31. The Balaban J connectivity index is 1.65. The first-order valence-corrected chi connectivity index (χ1v) is 11.2. The highest BCUT2D eigenvalue weighted by molar-refractivity contribution is 6.03. The van der Waals surface area contributed by atoms with Gasteiger partial charge in [0.2, 0.25) is 0 Å². The van der Waals surface area contributed by atoms with Gasteiger partial charge in [-0.05, 0) is 65.2 Å². The van der Waals surface area contributed by atoms with Crippen molar-refractivity contribution in [2.75, 3.05) is 7.11 Å². The minimum Gasteiger partial charge on any atom is -0.508 e. The van der Waals surface area contributed by atoms with Gasteiger partial charge in [0.05, 0.1) is 35.3 Å². The molecule has 1 aliphatic rings. The predicted molar refractivity (Wildman–Crippen MR) is 133 cm³/mol. The lowest BCUT2D eigenvalue weighted by atomic mass is 10.0. The molecule has 0 saturated heterocycles. The number of amides is 1. The molecule has 2 N–H and O–H groups in total. The van der Waals surface area contributed by atoms with Crippen LogP contribution >= 0.6 is 0 Å². The van der Waals surface area contributed by atoms with Crippen LogP contribution in [0.4, 0.5) is 0 Å². The fourth-order valence-electron chi connectivity index (χ4n) is 4.68. The molecule has 1 aliphatic heterocycles. The second-order valence-corrected chi connectivity index (χ2v) is 8.61. The first-order chi connectivity index (χ1) is 17.0. The molecule has 2 heterocycles. The molecule has 1 unspecified atom stereocenters. The summed E-state index contributed by atoms with van der Waals surface area (Å²) < 4.78 is 6.89. The molecular formula is C28H21N3O4. The molecule has 0 fully saturated rings. The van der Waals surface area contributed by atoms with Gasteiger partial charge in [-0.2, -0.15) is 0 Å². The molecule has 0 radical (unpaired) electrons. The molecule has 7 heteroatoms. The van der Waals surface area contributed by atoms with Crippen molar-refractivity contribution in [2.24, 2.45) is 0 Å². The Morgan fingerprint density at radius 1 is 0.971 bits per heavy atom. The monoisotopic (exact) mass is 463 g/mol. The number of hydrogen-bond acceptors (Lipinski definition) is 5. The molecule has 0 bridgehead atoms. The fourth-order valence-corrected chi connectivity index (χ4v) is 4.68. The van der Waals surface area contributed by atoms with Crippen LogP contribution in [0.5, 0.6) is 11.5 Å². The van der Waals surface area contributed by atoms with Gasteiger partial charge in [0.25, 0.3) is 11.5 Å². The zero-order valence-electron chi connectivity index (χ0n) is 18.9. The van der Waals surface area contributed by atoms with E-state index in [0.29, 0.717) is 40.1 Å². The maximum absolute atomic E-state index is 13.9. The molecule has 4 aromatic carbocycles. The molecule has 0 saturated carbocycles. The van der Waals surface area contributed by atoms with E-state index in [1.165, 1.54) is 0 Å². The SMILES string of the molecule is COc1ccc2nc3n(c(=O)c2c1)-c1cc2ccccc2cc1C(=O)NC3Cc1ccc(O)cc1. The molecule has 172 valence electrons. The van der Waals surface area contributed by atoms with E-state index in [4.69, 9.17) is 9.72 Å². The lowest BCUT2D eigenvalue weighted by Crippen LogP contribution is -2.31. The Kier molecular flexibility index (Phi) is 4.77. The highest BCUT2D eigenvalue weighted by atomic mass is 16.5. The van der Waals surface area contributed by atoms with E-state index in [0.717, 1.165) is 16.3 Å². The number of carbonyl (C=O) groups excluding carboxylic acids is 1. The first-order valence-electron chi connectivity index (χ1n) is 11.2. The maximum atomic E-state index is 13.9. The van der Waals surface area contributed by atoms with Crippen LogP contribution in [0.2, 0.25) is 0 Å². The highest BCUT2D eigenvalue weighted by Gasteiger charge is 2.30. The molecule has 1 aromatic heterocycles. The van der Waals surface area contributed by atoms with E-state index in [1.807, 2.05) is 36.4 Å². The molecule has 5 aromatic rings. The zero-order chi connectivity index (χ0) is 24.1. The van der Waals surface area contributed by atoms with Crippen molar-refractivity contribution in [1.82, 2.24) is 14.9 Å². The molecule has 35 heavy (non-hydrogen) atoms. The second-order valence-electron chi connectivity index (χ2n) is 8.61. The van der Waals surface area contributed by atoms with E-state index in [2.05, 4.69) is 5.32 Å².